The van der Waals surface area contributed by atoms with Crippen molar-refractivity contribution in [3.63, 3.8) is 0 Å². The number of rotatable bonds is 11. The van der Waals surface area contributed by atoms with Crippen molar-refractivity contribution >= 4 is 22.8 Å². The van der Waals surface area contributed by atoms with Crippen molar-refractivity contribution in [2.75, 3.05) is 14.2 Å². The normalized spacial score (nSPS) is 12.1. The summed E-state index contributed by atoms with van der Waals surface area (Å²) in [4.78, 5) is 29.7. The highest BCUT2D eigenvalue weighted by Gasteiger charge is 2.35. The Morgan fingerprint density at radius 1 is 0.974 bits per heavy atom. The Morgan fingerprint density at radius 3 is 2.36 bits per heavy atom. The number of fused-ring (bicyclic) bond motifs is 1. The molecular weight excluding hydrogens is 494 g/mol. The maximum absolute atomic E-state index is 14.1. The Hall–Kier alpha value is -4.40. The zero-order chi connectivity index (χ0) is 28.0. The Balaban J connectivity index is 1.80. The molecule has 4 rings (SSSR count). The Bertz CT molecular complexity index is 1430. The topological polar surface area (TPSA) is 98.6 Å². The summed E-state index contributed by atoms with van der Waals surface area (Å²) in [5.41, 5.74) is 2.39. The van der Waals surface area contributed by atoms with E-state index in [9.17, 15) is 9.59 Å². The second-order valence-electron chi connectivity index (χ2n) is 9.97. The Kier molecular flexibility index (Phi) is 8.49. The summed E-state index contributed by atoms with van der Waals surface area (Å²) in [5.74, 6) is 0.716. The van der Waals surface area contributed by atoms with Crippen LogP contribution in [-0.2, 0) is 22.7 Å². The SMILES string of the molecule is CCC(C)(C)NC(=O)[C@@H](c1ccc(OC)cc1)N(Cc1ccccc1OC)C(=O)Cn1nnc2ccccc21. The minimum Gasteiger partial charge on any atom is -0.497 e. The van der Waals surface area contributed by atoms with Crippen LogP contribution in [0.25, 0.3) is 11.0 Å². The highest BCUT2D eigenvalue weighted by Crippen LogP contribution is 2.29. The summed E-state index contributed by atoms with van der Waals surface area (Å²) in [6, 6.07) is 21.2. The molecule has 0 aliphatic heterocycles. The molecule has 0 aliphatic carbocycles. The van der Waals surface area contributed by atoms with E-state index < -0.39 is 11.6 Å². The monoisotopic (exact) mass is 529 g/mol. The molecule has 39 heavy (non-hydrogen) atoms. The van der Waals surface area contributed by atoms with E-state index >= 15 is 0 Å². The number of ether oxygens (including phenoxy) is 2. The molecular formula is C30H35N5O4. The summed E-state index contributed by atoms with van der Waals surface area (Å²) in [6.07, 6.45) is 0.722. The number of benzene rings is 3. The van der Waals surface area contributed by atoms with Gasteiger partial charge < -0.3 is 19.7 Å². The van der Waals surface area contributed by atoms with Crippen LogP contribution in [0.5, 0.6) is 11.5 Å². The first kappa shape index (κ1) is 27.6. The molecule has 2 amide bonds. The molecule has 1 atom stereocenters. The fourth-order valence-corrected chi connectivity index (χ4v) is 4.34. The number of nitrogens with zero attached hydrogens (tertiary/aromatic N) is 4. The highest BCUT2D eigenvalue weighted by molar-refractivity contribution is 5.89. The smallest absolute Gasteiger partial charge is 0.247 e. The van der Waals surface area contributed by atoms with Crippen molar-refractivity contribution in [1.82, 2.24) is 25.2 Å². The molecule has 0 spiro atoms. The average molecular weight is 530 g/mol. The summed E-state index contributed by atoms with van der Waals surface area (Å²) in [7, 11) is 3.17. The molecule has 9 nitrogen and oxygen atoms in total. The summed E-state index contributed by atoms with van der Waals surface area (Å²) in [5, 5.41) is 11.5. The van der Waals surface area contributed by atoms with Gasteiger partial charge in [0.1, 0.15) is 29.6 Å². The van der Waals surface area contributed by atoms with E-state index in [0.29, 0.717) is 22.6 Å². The van der Waals surface area contributed by atoms with Crippen LogP contribution >= 0.6 is 0 Å². The lowest BCUT2D eigenvalue weighted by atomic mass is 9.98. The number of amides is 2. The van der Waals surface area contributed by atoms with Gasteiger partial charge >= 0.3 is 0 Å². The van der Waals surface area contributed by atoms with Crippen molar-refractivity contribution in [1.29, 1.82) is 0 Å². The maximum Gasteiger partial charge on any atom is 0.247 e. The lowest BCUT2D eigenvalue weighted by Gasteiger charge is -2.35. The molecule has 3 aromatic carbocycles. The standard InChI is InChI=1S/C30H35N5O4/c1-6-30(2,3)31-29(37)28(21-15-17-23(38-4)18-16-21)34(19-22-11-7-10-14-26(22)39-5)27(36)20-35-25-13-9-8-12-24(25)32-33-35/h7-18,28H,6,19-20H2,1-5H3,(H,31,37)/t28-/m1/s1. The molecule has 0 saturated carbocycles. The molecule has 0 bridgehead atoms. The minimum atomic E-state index is -0.922. The van der Waals surface area contributed by atoms with E-state index in [4.69, 9.17) is 9.47 Å². The molecule has 1 N–H and O–H groups in total. The molecule has 1 aromatic heterocycles. The predicted molar refractivity (Wildman–Crippen MR) is 149 cm³/mol. The second kappa shape index (κ2) is 12.0. The van der Waals surface area contributed by atoms with Gasteiger partial charge in [-0.25, -0.2) is 4.68 Å². The van der Waals surface area contributed by atoms with Gasteiger partial charge in [0.05, 0.1) is 26.3 Å². The lowest BCUT2D eigenvalue weighted by Crippen LogP contribution is -2.50. The van der Waals surface area contributed by atoms with Crippen molar-refractivity contribution in [3.05, 3.63) is 83.9 Å². The van der Waals surface area contributed by atoms with Gasteiger partial charge in [0, 0.05) is 11.1 Å². The molecule has 4 aromatic rings. The number of carbonyl (C=O) groups is 2. The Labute approximate surface area is 228 Å². The van der Waals surface area contributed by atoms with Gasteiger partial charge in [0.2, 0.25) is 11.8 Å². The number of nitrogens with one attached hydrogen (secondary N) is 1. The van der Waals surface area contributed by atoms with Gasteiger partial charge in [0.25, 0.3) is 0 Å². The second-order valence-corrected chi connectivity index (χ2v) is 9.97. The molecule has 204 valence electrons. The number of aromatic nitrogens is 3. The quantitative estimate of drug-likeness (QED) is 0.307. The van der Waals surface area contributed by atoms with E-state index in [1.165, 1.54) is 0 Å². The third kappa shape index (κ3) is 6.37. The molecule has 9 heteroatoms. The number of carbonyl (C=O) groups excluding carboxylic acids is 2. The maximum atomic E-state index is 14.1. The first-order valence-corrected chi connectivity index (χ1v) is 12.9. The van der Waals surface area contributed by atoms with Crippen LogP contribution in [-0.4, -0.2) is 51.5 Å². The van der Waals surface area contributed by atoms with E-state index in [1.807, 2.05) is 81.4 Å². The van der Waals surface area contributed by atoms with Crippen molar-refractivity contribution in [2.45, 2.75) is 51.9 Å². The van der Waals surface area contributed by atoms with E-state index in [-0.39, 0.29) is 24.9 Å². The molecule has 1 heterocycles. The van der Waals surface area contributed by atoms with Crippen LogP contribution in [0.15, 0.2) is 72.8 Å². The largest absolute Gasteiger partial charge is 0.497 e. The fraction of sp³-hybridized carbons (Fsp3) is 0.333. The van der Waals surface area contributed by atoms with E-state index in [0.717, 1.165) is 17.5 Å². The van der Waals surface area contributed by atoms with Gasteiger partial charge in [-0.15, -0.1) is 5.10 Å². The third-order valence-electron chi connectivity index (χ3n) is 6.90. The van der Waals surface area contributed by atoms with Crippen molar-refractivity contribution in [2.24, 2.45) is 0 Å². The number of para-hydroxylation sites is 2. The van der Waals surface area contributed by atoms with Gasteiger partial charge in [-0.2, -0.15) is 0 Å². The van der Waals surface area contributed by atoms with Gasteiger partial charge in [-0.3, -0.25) is 9.59 Å². The lowest BCUT2D eigenvalue weighted by molar-refractivity contribution is -0.143. The average Bonchev–Trinajstić information content (AvgIpc) is 3.35. The Morgan fingerprint density at radius 2 is 1.67 bits per heavy atom. The van der Waals surface area contributed by atoms with Crippen LogP contribution in [0.3, 0.4) is 0 Å². The molecule has 0 radical (unpaired) electrons. The van der Waals surface area contributed by atoms with Gasteiger partial charge in [-0.1, -0.05) is 54.6 Å². The predicted octanol–water partition coefficient (Wildman–Crippen LogP) is 4.52. The zero-order valence-corrected chi connectivity index (χ0v) is 23.0. The number of hydrogen-bond acceptors (Lipinski definition) is 6. The molecule has 0 aliphatic rings. The number of methoxy groups -OCH3 is 2. The van der Waals surface area contributed by atoms with Crippen molar-refractivity contribution < 1.29 is 19.1 Å². The fourth-order valence-electron chi connectivity index (χ4n) is 4.34. The van der Waals surface area contributed by atoms with E-state index in [1.54, 1.807) is 35.9 Å². The third-order valence-corrected chi connectivity index (χ3v) is 6.90. The van der Waals surface area contributed by atoms with Crippen LogP contribution in [0, 0.1) is 0 Å². The van der Waals surface area contributed by atoms with Gasteiger partial charge in [-0.05, 0) is 56.2 Å². The number of hydrogen-bond donors (Lipinski definition) is 1. The van der Waals surface area contributed by atoms with Crippen LogP contribution in [0.4, 0.5) is 0 Å². The zero-order valence-electron chi connectivity index (χ0n) is 23.0. The molecule has 0 unspecified atom stereocenters. The van der Waals surface area contributed by atoms with Crippen LogP contribution in [0.2, 0.25) is 0 Å². The minimum absolute atomic E-state index is 0.0905. The first-order chi connectivity index (χ1) is 18.8. The van der Waals surface area contributed by atoms with Crippen LogP contribution in [0.1, 0.15) is 44.4 Å². The first-order valence-electron chi connectivity index (χ1n) is 12.9. The summed E-state index contributed by atoms with van der Waals surface area (Å²) < 4.78 is 12.5. The highest BCUT2D eigenvalue weighted by atomic mass is 16.5. The van der Waals surface area contributed by atoms with Gasteiger partial charge in [0.15, 0.2) is 0 Å². The van der Waals surface area contributed by atoms with E-state index in [2.05, 4.69) is 15.6 Å². The van der Waals surface area contributed by atoms with Crippen molar-refractivity contribution in [3.8, 4) is 11.5 Å². The summed E-state index contributed by atoms with van der Waals surface area (Å²) in [6.45, 7) is 5.99. The van der Waals surface area contributed by atoms with Crippen LogP contribution < -0.4 is 14.8 Å². The molecule has 0 fully saturated rings. The molecule has 0 saturated heterocycles. The summed E-state index contributed by atoms with van der Waals surface area (Å²) >= 11 is 0.